The fourth-order valence-electron chi connectivity index (χ4n) is 3.30. The molecule has 0 saturated carbocycles. The smallest absolute Gasteiger partial charge is 0.255 e. The van der Waals surface area contributed by atoms with Crippen LogP contribution in [0.5, 0.6) is 0 Å². The molecule has 10 heteroatoms. The molecule has 0 bridgehead atoms. The number of benzene rings is 1. The van der Waals surface area contributed by atoms with Crippen molar-refractivity contribution in [2.75, 3.05) is 39.9 Å². The van der Waals surface area contributed by atoms with Crippen molar-refractivity contribution in [3.05, 3.63) is 64.3 Å². The molecular formula is C20H24FN3O5S. The number of sulfonamides is 1. The van der Waals surface area contributed by atoms with Crippen molar-refractivity contribution in [3.63, 3.8) is 0 Å². The molecule has 0 N–H and O–H groups in total. The van der Waals surface area contributed by atoms with E-state index in [4.69, 9.17) is 4.74 Å². The van der Waals surface area contributed by atoms with Crippen LogP contribution in [0.15, 0.2) is 52.3 Å². The van der Waals surface area contributed by atoms with Gasteiger partial charge in [-0.25, -0.2) is 12.8 Å². The molecule has 0 radical (unpaired) electrons. The van der Waals surface area contributed by atoms with Crippen LogP contribution in [-0.4, -0.2) is 68.0 Å². The maximum atomic E-state index is 13.1. The Morgan fingerprint density at radius 1 is 1.07 bits per heavy atom. The Hall–Kier alpha value is -2.56. The lowest BCUT2D eigenvalue weighted by molar-refractivity contribution is 0.0763. The first kappa shape index (κ1) is 22.1. The van der Waals surface area contributed by atoms with E-state index in [1.165, 1.54) is 46.4 Å². The number of pyridine rings is 1. The summed E-state index contributed by atoms with van der Waals surface area (Å²) in [6, 6.07) is 7.51. The zero-order valence-corrected chi connectivity index (χ0v) is 17.5. The first-order valence-electron chi connectivity index (χ1n) is 9.57. The molecular weight excluding hydrogens is 413 g/mol. The van der Waals surface area contributed by atoms with E-state index in [0.717, 1.165) is 12.1 Å². The highest BCUT2D eigenvalue weighted by atomic mass is 32.2. The van der Waals surface area contributed by atoms with Gasteiger partial charge in [-0.1, -0.05) is 0 Å². The second-order valence-electron chi connectivity index (χ2n) is 6.95. The summed E-state index contributed by atoms with van der Waals surface area (Å²) in [6.45, 7) is 1.69. The number of hydrogen-bond donors (Lipinski definition) is 0. The van der Waals surface area contributed by atoms with Gasteiger partial charge in [0.25, 0.3) is 11.5 Å². The Morgan fingerprint density at radius 2 is 1.80 bits per heavy atom. The van der Waals surface area contributed by atoms with Crippen LogP contribution in [0.3, 0.4) is 0 Å². The van der Waals surface area contributed by atoms with Crippen molar-refractivity contribution in [1.82, 2.24) is 13.8 Å². The Balaban J connectivity index is 1.72. The lowest BCUT2D eigenvalue weighted by Crippen LogP contribution is -2.37. The summed E-state index contributed by atoms with van der Waals surface area (Å²) in [4.78, 5) is 26.5. The summed E-state index contributed by atoms with van der Waals surface area (Å²) in [5.74, 6) is -0.768. The van der Waals surface area contributed by atoms with Gasteiger partial charge in [-0.2, -0.15) is 4.31 Å². The number of halogens is 1. The number of carbonyl (C=O) groups excluding carboxylic acids is 1. The van der Waals surface area contributed by atoms with Crippen molar-refractivity contribution in [2.45, 2.75) is 17.9 Å². The molecule has 8 nitrogen and oxygen atoms in total. The lowest BCUT2D eigenvalue weighted by atomic mass is 10.2. The largest absolute Gasteiger partial charge is 0.383 e. The molecule has 30 heavy (non-hydrogen) atoms. The minimum absolute atomic E-state index is 0.0221. The molecule has 1 aliphatic heterocycles. The zero-order valence-electron chi connectivity index (χ0n) is 16.7. The van der Waals surface area contributed by atoms with Gasteiger partial charge in [-0.3, -0.25) is 9.59 Å². The number of hydrogen-bond acceptors (Lipinski definition) is 5. The Morgan fingerprint density at radius 3 is 2.50 bits per heavy atom. The molecule has 0 atom stereocenters. The number of nitrogens with zero attached hydrogens (tertiary/aromatic N) is 3. The van der Waals surface area contributed by atoms with Gasteiger partial charge in [0.1, 0.15) is 5.82 Å². The Bertz CT molecular complexity index is 1050. The molecule has 1 saturated heterocycles. The molecule has 1 aromatic heterocycles. The molecule has 0 aliphatic carbocycles. The van der Waals surface area contributed by atoms with Gasteiger partial charge in [0.2, 0.25) is 10.0 Å². The molecule has 0 unspecified atom stereocenters. The highest BCUT2D eigenvalue weighted by molar-refractivity contribution is 7.89. The topological polar surface area (TPSA) is 88.9 Å². The highest BCUT2D eigenvalue weighted by Crippen LogP contribution is 2.19. The van der Waals surface area contributed by atoms with E-state index in [9.17, 15) is 22.4 Å². The van der Waals surface area contributed by atoms with Crippen LogP contribution in [0.1, 0.15) is 16.8 Å². The highest BCUT2D eigenvalue weighted by Gasteiger charge is 2.28. The van der Waals surface area contributed by atoms with Gasteiger partial charge in [0.05, 0.1) is 17.1 Å². The van der Waals surface area contributed by atoms with E-state index in [2.05, 4.69) is 0 Å². The number of amides is 1. The van der Waals surface area contributed by atoms with Gasteiger partial charge in [0.15, 0.2) is 0 Å². The number of carbonyl (C=O) groups is 1. The number of aromatic nitrogens is 1. The maximum Gasteiger partial charge on any atom is 0.255 e. The van der Waals surface area contributed by atoms with Crippen LogP contribution >= 0.6 is 0 Å². The van der Waals surface area contributed by atoms with Crippen LogP contribution in [0.4, 0.5) is 4.39 Å². The predicted octanol–water partition coefficient (Wildman–Crippen LogP) is 1.17. The third kappa shape index (κ3) is 4.94. The van der Waals surface area contributed by atoms with Gasteiger partial charge in [-0.05, 0) is 36.8 Å². The molecule has 2 heterocycles. The van der Waals surface area contributed by atoms with Crippen molar-refractivity contribution in [1.29, 1.82) is 0 Å². The lowest BCUT2D eigenvalue weighted by Gasteiger charge is -2.22. The molecule has 1 aliphatic rings. The second kappa shape index (κ2) is 9.50. The van der Waals surface area contributed by atoms with E-state index >= 15 is 0 Å². The summed E-state index contributed by atoms with van der Waals surface area (Å²) in [5.41, 5.74) is 0.136. The first-order valence-corrected chi connectivity index (χ1v) is 11.0. The van der Waals surface area contributed by atoms with Crippen LogP contribution in [-0.2, 0) is 21.3 Å². The van der Waals surface area contributed by atoms with Crippen LogP contribution < -0.4 is 5.56 Å². The van der Waals surface area contributed by atoms with Gasteiger partial charge < -0.3 is 14.2 Å². The molecule has 1 amide bonds. The van der Waals surface area contributed by atoms with E-state index < -0.39 is 15.8 Å². The monoisotopic (exact) mass is 437 g/mol. The summed E-state index contributed by atoms with van der Waals surface area (Å²) in [5, 5.41) is 0. The van der Waals surface area contributed by atoms with E-state index in [0.29, 0.717) is 31.7 Å². The molecule has 3 rings (SSSR count). The maximum absolute atomic E-state index is 13.1. The van der Waals surface area contributed by atoms with Crippen LogP contribution in [0.25, 0.3) is 0 Å². The normalized spacial score (nSPS) is 15.7. The van der Waals surface area contributed by atoms with E-state index in [1.807, 2.05) is 0 Å². The molecule has 1 fully saturated rings. The van der Waals surface area contributed by atoms with Gasteiger partial charge >= 0.3 is 0 Å². The molecule has 2 aromatic rings. The Labute approximate surface area is 174 Å². The minimum Gasteiger partial charge on any atom is -0.383 e. The summed E-state index contributed by atoms with van der Waals surface area (Å²) in [6.07, 6.45) is 1.97. The van der Waals surface area contributed by atoms with Gasteiger partial charge in [0, 0.05) is 52.1 Å². The zero-order chi connectivity index (χ0) is 21.7. The van der Waals surface area contributed by atoms with Crippen molar-refractivity contribution in [3.8, 4) is 0 Å². The number of rotatable bonds is 6. The quantitative estimate of drug-likeness (QED) is 0.677. The molecule has 0 spiro atoms. The first-order chi connectivity index (χ1) is 14.3. The summed E-state index contributed by atoms with van der Waals surface area (Å²) in [7, 11) is -2.24. The Kier molecular flexibility index (Phi) is 7.01. The summed E-state index contributed by atoms with van der Waals surface area (Å²) < 4.78 is 46.5. The van der Waals surface area contributed by atoms with Crippen molar-refractivity contribution < 1.29 is 22.3 Å². The van der Waals surface area contributed by atoms with E-state index in [-0.39, 0.29) is 36.0 Å². The average molecular weight is 437 g/mol. The second-order valence-corrected chi connectivity index (χ2v) is 8.88. The fourth-order valence-corrected chi connectivity index (χ4v) is 4.77. The summed E-state index contributed by atoms with van der Waals surface area (Å²) >= 11 is 0. The number of ether oxygens (including phenoxy) is 1. The average Bonchev–Trinajstić information content (AvgIpc) is 3.00. The fraction of sp³-hybridized carbons (Fsp3) is 0.400. The minimum atomic E-state index is -3.77. The molecule has 162 valence electrons. The third-order valence-corrected chi connectivity index (χ3v) is 6.87. The predicted molar refractivity (Wildman–Crippen MR) is 108 cm³/mol. The number of methoxy groups -OCH3 is 1. The van der Waals surface area contributed by atoms with Crippen molar-refractivity contribution >= 4 is 15.9 Å². The molecule has 1 aromatic carbocycles. The third-order valence-electron chi connectivity index (χ3n) is 4.96. The standard InChI is InChI=1S/C20H24FN3O5S/c1-29-14-13-23-15-16(3-8-19(23)25)20(26)22-9-2-10-24(12-11-22)30(27,28)18-6-4-17(21)5-7-18/h3-8,15H,2,9-14H2,1H3. The van der Waals surface area contributed by atoms with Crippen LogP contribution in [0, 0.1) is 5.82 Å². The van der Waals surface area contributed by atoms with Crippen LogP contribution in [0.2, 0.25) is 0 Å². The van der Waals surface area contributed by atoms with E-state index in [1.54, 1.807) is 4.90 Å². The SMILES string of the molecule is COCCn1cc(C(=O)N2CCCN(S(=O)(=O)c3ccc(F)cc3)CC2)ccc1=O. The van der Waals surface area contributed by atoms with Crippen molar-refractivity contribution in [2.24, 2.45) is 0 Å². The van der Waals surface area contributed by atoms with Gasteiger partial charge in [-0.15, -0.1) is 0 Å².